The van der Waals surface area contributed by atoms with Gasteiger partial charge in [0.25, 0.3) is 0 Å². The van der Waals surface area contributed by atoms with Crippen molar-refractivity contribution in [3.05, 3.63) is 23.8 Å². The second kappa shape index (κ2) is 6.67. The largest absolute Gasteiger partial charge is 0.493 e. The van der Waals surface area contributed by atoms with E-state index in [1.807, 2.05) is 6.07 Å². The Morgan fingerprint density at radius 1 is 1.14 bits per heavy atom. The molecule has 116 valence electrons. The Labute approximate surface area is 127 Å². The molecular formula is C17H26N2O2. The summed E-state index contributed by atoms with van der Waals surface area (Å²) in [6.45, 7) is 3.61. The van der Waals surface area contributed by atoms with Crippen LogP contribution in [0.2, 0.25) is 0 Å². The van der Waals surface area contributed by atoms with Crippen LogP contribution >= 0.6 is 0 Å². The van der Waals surface area contributed by atoms with Gasteiger partial charge < -0.3 is 14.8 Å². The minimum absolute atomic E-state index is 0.688. The first-order valence-electron chi connectivity index (χ1n) is 8.00. The first-order chi connectivity index (χ1) is 10.3. The predicted octanol–water partition coefficient (Wildman–Crippen LogP) is 2.07. The van der Waals surface area contributed by atoms with E-state index >= 15 is 0 Å². The standard InChI is InChI=1S/C17H26N2O2/c1-20-16-6-5-13(12-17(16)21-2)7-9-18-14-8-11-19-10-3-4-15(14)19/h5-6,12,14-15,18H,3-4,7-11H2,1-2H3. The molecule has 2 aliphatic rings. The Morgan fingerprint density at radius 3 is 2.81 bits per heavy atom. The van der Waals surface area contributed by atoms with Crippen molar-refractivity contribution in [2.75, 3.05) is 33.9 Å². The van der Waals surface area contributed by atoms with Gasteiger partial charge in [0.2, 0.25) is 0 Å². The quantitative estimate of drug-likeness (QED) is 0.869. The number of benzene rings is 1. The average Bonchev–Trinajstić information content (AvgIpc) is 3.11. The molecule has 2 unspecified atom stereocenters. The zero-order valence-electron chi connectivity index (χ0n) is 13.1. The van der Waals surface area contributed by atoms with Gasteiger partial charge in [-0.2, -0.15) is 0 Å². The zero-order valence-corrected chi connectivity index (χ0v) is 13.1. The van der Waals surface area contributed by atoms with Crippen LogP contribution < -0.4 is 14.8 Å². The number of nitrogens with one attached hydrogen (secondary N) is 1. The maximum atomic E-state index is 5.36. The molecule has 4 nitrogen and oxygen atoms in total. The highest BCUT2D eigenvalue weighted by molar-refractivity contribution is 5.42. The lowest BCUT2D eigenvalue weighted by atomic mass is 10.1. The van der Waals surface area contributed by atoms with Crippen LogP contribution in [0.3, 0.4) is 0 Å². The number of hydrogen-bond donors (Lipinski definition) is 1. The Kier molecular flexibility index (Phi) is 4.66. The summed E-state index contributed by atoms with van der Waals surface area (Å²) >= 11 is 0. The van der Waals surface area contributed by atoms with Crippen LogP contribution in [0, 0.1) is 0 Å². The molecule has 0 radical (unpaired) electrons. The van der Waals surface area contributed by atoms with Gasteiger partial charge in [-0.05, 0) is 56.5 Å². The molecule has 2 saturated heterocycles. The summed E-state index contributed by atoms with van der Waals surface area (Å²) in [6.07, 6.45) is 5.08. The van der Waals surface area contributed by atoms with Crippen molar-refractivity contribution in [1.29, 1.82) is 0 Å². The van der Waals surface area contributed by atoms with Crippen LogP contribution in [-0.2, 0) is 6.42 Å². The van der Waals surface area contributed by atoms with Crippen LogP contribution in [0.1, 0.15) is 24.8 Å². The Bertz CT molecular complexity index is 478. The highest BCUT2D eigenvalue weighted by Crippen LogP contribution is 2.29. The maximum Gasteiger partial charge on any atom is 0.160 e. The molecule has 0 aliphatic carbocycles. The fraction of sp³-hybridized carbons (Fsp3) is 0.647. The van der Waals surface area contributed by atoms with Crippen molar-refractivity contribution in [3.8, 4) is 11.5 Å². The molecule has 3 rings (SSSR count). The first kappa shape index (κ1) is 14.7. The van der Waals surface area contributed by atoms with E-state index in [4.69, 9.17) is 9.47 Å². The molecule has 2 heterocycles. The van der Waals surface area contributed by atoms with Crippen LogP contribution in [0.5, 0.6) is 11.5 Å². The lowest BCUT2D eigenvalue weighted by molar-refractivity contribution is 0.299. The molecule has 4 heteroatoms. The SMILES string of the molecule is COc1ccc(CCNC2CCN3CCCC23)cc1OC. The predicted molar refractivity (Wildman–Crippen MR) is 84.3 cm³/mol. The van der Waals surface area contributed by atoms with Gasteiger partial charge in [0.1, 0.15) is 0 Å². The molecule has 1 aromatic rings. The van der Waals surface area contributed by atoms with Crippen molar-refractivity contribution in [3.63, 3.8) is 0 Å². The summed E-state index contributed by atoms with van der Waals surface area (Å²) in [5, 5.41) is 3.75. The highest BCUT2D eigenvalue weighted by atomic mass is 16.5. The molecule has 1 aromatic carbocycles. The minimum atomic E-state index is 0.688. The number of rotatable bonds is 6. The Balaban J connectivity index is 1.51. The van der Waals surface area contributed by atoms with Crippen LogP contribution in [-0.4, -0.2) is 50.8 Å². The van der Waals surface area contributed by atoms with E-state index in [1.54, 1.807) is 14.2 Å². The molecule has 0 bridgehead atoms. The van der Waals surface area contributed by atoms with Gasteiger partial charge in [-0.3, -0.25) is 4.90 Å². The van der Waals surface area contributed by atoms with Gasteiger partial charge in [0.15, 0.2) is 11.5 Å². The third-order valence-corrected chi connectivity index (χ3v) is 4.87. The number of ether oxygens (including phenoxy) is 2. The highest BCUT2D eigenvalue weighted by Gasteiger charge is 2.36. The molecule has 0 saturated carbocycles. The van der Waals surface area contributed by atoms with E-state index in [2.05, 4.69) is 22.3 Å². The van der Waals surface area contributed by atoms with E-state index in [0.717, 1.165) is 30.5 Å². The smallest absolute Gasteiger partial charge is 0.160 e. The van der Waals surface area contributed by atoms with Crippen molar-refractivity contribution in [1.82, 2.24) is 10.2 Å². The van der Waals surface area contributed by atoms with Crippen molar-refractivity contribution >= 4 is 0 Å². The first-order valence-corrected chi connectivity index (χ1v) is 8.00. The minimum Gasteiger partial charge on any atom is -0.493 e. The molecule has 21 heavy (non-hydrogen) atoms. The number of hydrogen-bond acceptors (Lipinski definition) is 4. The average molecular weight is 290 g/mol. The number of fused-ring (bicyclic) bond motifs is 1. The third-order valence-electron chi connectivity index (χ3n) is 4.87. The third kappa shape index (κ3) is 3.16. The second-order valence-corrected chi connectivity index (χ2v) is 6.03. The van der Waals surface area contributed by atoms with Gasteiger partial charge in [0.05, 0.1) is 14.2 Å². The van der Waals surface area contributed by atoms with Gasteiger partial charge in [-0.1, -0.05) is 6.07 Å². The van der Waals surface area contributed by atoms with Crippen molar-refractivity contribution < 1.29 is 9.47 Å². The molecule has 2 fully saturated rings. The lowest BCUT2D eigenvalue weighted by Gasteiger charge is -2.21. The van der Waals surface area contributed by atoms with Crippen molar-refractivity contribution in [2.45, 2.75) is 37.8 Å². The van der Waals surface area contributed by atoms with Gasteiger partial charge in [0, 0.05) is 18.6 Å². The summed E-state index contributed by atoms with van der Waals surface area (Å²) in [5.74, 6) is 1.62. The van der Waals surface area contributed by atoms with E-state index in [0.29, 0.717) is 6.04 Å². The molecule has 0 spiro atoms. The van der Waals surface area contributed by atoms with Crippen LogP contribution in [0.4, 0.5) is 0 Å². The van der Waals surface area contributed by atoms with Gasteiger partial charge in [-0.25, -0.2) is 0 Å². The molecule has 2 aliphatic heterocycles. The number of methoxy groups -OCH3 is 2. The summed E-state index contributed by atoms with van der Waals surface area (Å²) in [5.41, 5.74) is 1.29. The topological polar surface area (TPSA) is 33.7 Å². The Morgan fingerprint density at radius 2 is 2.00 bits per heavy atom. The fourth-order valence-electron chi connectivity index (χ4n) is 3.76. The fourth-order valence-corrected chi connectivity index (χ4v) is 3.76. The monoisotopic (exact) mass is 290 g/mol. The summed E-state index contributed by atoms with van der Waals surface area (Å²) in [7, 11) is 3.36. The van der Waals surface area contributed by atoms with E-state index in [9.17, 15) is 0 Å². The summed E-state index contributed by atoms with van der Waals surface area (Å²) in [4.78, 5) is 2.65. The lowest BCUT2D eigenvalue weighted by Crippen LogP contribution is -2.39. The van der Waals surface area contributed by atoms with Crippen molar-refractivity contribution in [2.24, 2.45) is 0 Å². The normalized spacial score (nSPS) is 25.0. The van der Waals surface area contributed by atoms with Crippen LogP contribution in [0.15, 0.2) is 18.2 Å². The van der Waals surface area contributed by atoms with E-state index in [-0.39, 0.29) is 0 Å². The molecule has 1 N–H and O–H groups in total. The van der Waals surface area contributed by atoms with E-state index in [1.165, 1.54) is 37.9 Å². The molecule has 0 aromatic heterocycles. The van der Waals surface area contributed by atoms with E-state index < -0.39 is 0 Å². The van der Waals surface area contributed by atoms with Crippen LogP contribution in [0.25, 0.3) is 0 Å². The Hall–Kier alpha value is -1.26. The second-order valence-electron chi connectivity index (χ2n) is 6.03. The van der Waals surface area contributed by atoms with Gasteiger partial charge in [-0.15, -0.1) is 0 Å². The summed E-state index contributed by atoms with van der Waals surface area (Å²) in [6, 6.07) is 7.67. The zero-order chi connectivity index (χ0) is 14.7. The maximum absolute atomic E-state index is 5.36. The molecule has 2 atom stereocenters. The molecule has 0 amide bonds. The summed E-state index contributed by atoms with van der Waals surface area (Å²) < 4.78 is 10.6. The molecular weight excluding hydrogens is 264 g/mol. The number of nitrogens with zero attached hydrogens (tertiary/aromatic N) is 1. The van der Waals surface area contributed by atoms with Gasteiger partial charge >= 0.3 is 0 Å².